The number of aromatic amines is 1. The summed E-state index contributed by atoms with van der Waals surface area (Å²) in [5.41, 5.74) is 1.48. The van der Waals surface area contributed by atoms with Crippen LogP contribution < -0.4 is 9.86 Å². The molecule has 4 rings (SSSR count). The number of methoxy groups -OCH3 is 1. The Bertz CT molecular complexity index is 1160. The van der Waals surface area contributed by atoms with Crippen molar-refractivity contribution in [2.24, 2.45) is 0 Å². The number of nitrogens with zero attached hydrogens (tertiary/aromatic N) is 3. The summed E-state index contributed by atoms with van der Waals surface area (Å²) in [5, 5.41) is 6.22. The van der Waals surface area contributed by atoms with E-state index in [1.165, 1.54) is 17.6 Å². The molecule has 1 aromatic rings. The number of anilines is 1. The van der Waals surface area contributed by atoms with Crippen molar-refractivity contribution in [1.29, 1.82) is 0 Å². The number of hydrogen-bond acceptors (Lipinski definition) is 6. The molecule has 3 aliphatic heterocycles. The summed E-state index contributed by atoms with van der Waals surface area (Å²) >= 11 is 0. The normalized spacial score (nSPS) is 16.2. The highest BCUT2D eigenvalue weighted by atomic mass is 32.2. The molecular weight excluding hydrogens is 384 g/mol. The highest BCUT2D eigenvalue weighted by Gasteiger charge is 2.26. The Morgan fingerprint density at radius 1 is 1.14 bits per heavy atom. The van der Waals surface area contributed by atoms with Crippen LogP contribution in [0.3, 0.4) is 0 Å². The number of nitrogens with one attached hydrogen (secondary N) is 1. The summed E-state index contributed by atoms with van der Waals surface area (Å²) in [6.45, 7) is 0.460. The van der Waals surface area contributed by atoms with Gasteiger partial charge in [0.15, 0.2) is 0 Å². The fraction of sp³-hybridized carbons (Fsp3) is 0.278. The van der Waals surface area contributed by atoms with Crippen LogP contribution in [0, 0.1) is 0 Å². The summed E-state index contributed by atoms with van der Waals surface area (Å²) in [5.74, 6) is -0.461. The smallest absolute Gasteiger partial charge is 0.341 e. The maximum Gasteiger partial charge on any atom is 0.341 e. The van der Waals surface area contributed by atoms with Crippen LogP contribution in [0.5, 0.6) is 0 Å². The zero-order chi connectivity index (χ0) is 19.9. The molecule has 0 unspecified atom stereocenters. The van der Waals surface area contributed by atoms with Crippen molar-refractivity contribution in [3.8, 4) is 16.9 Å². The first-order valence-corrected chi connectivity index (χ1v) is 10.3. The Kier molecular flexibility index (Phi) is 4.42. The van der Waals surface area contributed by atoms with E-state index in [9.17, 15) is 18.0 Å². The number of rotatable bonds is 3. The quantitative estimate of drug-likeness (QED) is 0.662. The number of benzene rings is 1. The standard InChI is InChI=1S/C18H18N4O5S/c1-27-18(24)15-11-21(10-14-16(15)19-20-17(14)23)12-4-6-13(7-5-12)22-8-2-3-9-28(22,25)26/h4-7,10-11H,2-3,8-9H2,1H3,(H,20,23). The Morgan fingerprint density at radius 3 is 2.54 bits per heavy atom. The number of esters is 1. The molecule has 0 aromatic heterocycles. The van der Waals surface area contributed by atoms with Crippen molar-refractivity contribution in [1.82, 2.24) is 14.8 Å². The lowest BCUT2D eigenvalue weighted by Crippen LogP contribution is -2.37. The van der Waals surface area contributed by atoms with Gasteiger partial charge in [0.25, 0.3) is 5.56 Å². The van der Waals surface area contributed by atoms with Gasteiger partial charge in [-0.3, -0.25) is 9.10 Å². The highest BCUT2D eigenvalue weighted by molar-refractivity contribution is 7.92. The summed E-state index contributed by atoms with van der Waals surface area (Å²) < 4.78 is 32.3. The monoisotopic (exact) mass is 402 g/mol. The average Bonchev–Trinajstić information content (AvgIpc) is 3.07. The summed E-state index contributed by atoms with van der Waals surface area (Å²) in [6, 6.07) is 6.88. The van der Waals surface area contributed by atoms with Gasteiger partial charge in [-0.05, 0) is 37.1 Å². The van der Waals surface area contributed by atoms with Crippen LogP contribution in [0.25, 0.3) is 16.9 Å². The largest absolute Gasteiger partial charge is 0.465 e. The molecule has 28 heavy (non-hydrogen) atoms. The first-order valence-electron chi connectivity index (χ1n) is 8.70. The molecule has 1 aromatic carbocycles. The average molecular weight is 402 g/mol. The van der Waals surface area contributed by atoms with E-state index in [0.29, 0.717) is 24.3 Å². The van der Waals surface area contributed by atoms with E-state index < -0.39 is 21.6 Å². The van der Waals surface area contributed by atoms with Crippen LogP contribution in [-0.2, 0) is 14.8 Å². The number of aromatic nitrogens is 3. The first-order chi connectivity index (χ1) is 13.4. The Labute approximate surface area is 160 Å². The number of carbonyl (C=O) groups is 1. The molecule has 0 bridgehead atoms. The maximum atomic E-state index is 12.3. The van der Waals surface area contributed by atoms with E-state index in [1.54, 1.807) is 35.0 Å². The summed E-state index contributed by atoms with van der Waals surface area (Å²) in [4.78, 5) is 24.1. The molecule has 3 aliphatic rings. The zero-order valence-electron chi connectivity index (χ0n) is 15.1. The molecular formula is C18H18N4O5S. The van der Waals surface area contributed by atoms with Gasteiger partial charge >= 0.3 is 5.97 Å². The lowest BCUT2D eigenvalue weighted by Gasteiger charge is -2.28. The molecule has 0 spiro atoms. The van der Waals surface area contributed by atoms with E-state index in [-0.39, 0.29) is 22.6 Å². The lowest BCUT2D eigenvalue weighted by atomic mass is 10.1. The molecule has 3 heterocycles. The van der Waals surface area contributed by atoms with E-state index in [1.807, 2.05) is 0 Å². The first kappa shape index (κ1) is 18.2. The van der Waals surface area contributed by atoms with Crippen molar-refractivity contribution >= 4 is 21.7 Å². The van der Waals surface area contributed by atoms with Crippen molar-refractivity contribution < 1.29 is 17.9 Å². The van der Waals surface area contributed by atoms with Gasteiger partial charge in [0, 0.05) is 24.6 Å². The molecule has 0 amide bonds. The number of hydrogen-bond donors (Lipinski definition) is 1. The minimum atomic E-state index is -3.29. The van der Waals surface area contributed by atoms with Gasteiger partial charge in [-0.25, -0.2) is 18.3 Å². The number of fused-ring (bicyclic) bond motifs is 1. The van der Waals surface area contributed by atoms with Crippen LogP contribution in [-0.4, -0.2) is 48.6 Å². The number of sulfonamides is 1. The number of H-pyrrole nitrogens is 1. The Balaban J connectivity index is 1.76. The summed E-state index contributed by atoms with van der Waals surface area (Å²) in [6.07, 6.45) is 4.59. The van der Waals surface area contributed by atoms with E-state index >= 15 is 0 Å². The molecule has 10 heteroatoms. The van der Waals surface area contributed by atoms with Crippen molar-refractivity contribution in [2.45, 2.75) is 12.8 Å². The molecule has 1 saturated heterocycles. The predicted octanol–water partition coefficient (Wildman–Crippen LogP) is 1.38. The van der Waals surface area contributed by atoms with Gasteiger partial charge in [0.2, 0.25) is 10.0 Å². The van der Waals surface area contributed by atoms with Gasteiger partial charge in [-0.2, -0.15) is 5.10 Å². The minimum absolute atomic E-state index is 0.148. The second kappa shape index (κ2) is 6.79. The van der Waals surface area contributed by atoms with Gasteiger partial charge in [-0.15, -0.1) is 0 Å². The topological polar surface area (TPSA) is 114 Å². The molecule has 0 atom stereocenters. The second-order valence-electron chi connectivity index (χ2n) is 6.50. The van der Waals surface area contributed by atoms with Crippen LogP contribution in [0.4, 0.5) is 5.69 Å². The molecule has 1 fully saturated rings. The molecule has 0 aliphatic carbocycles. The zero-order valence-corrected chi connectivity index (χ0v) is 15.9. The molecule has 146 valence electrons. The Hall–Kier alpha value is -3.14. The van der Waals surface area contributed by atoms with Gasteiger partial charge in [-0.1, -0.05) is 0 Å². The van der Waals surface area contributed by atoms with E-state index in [2.05, 4.69) is 10.2 Å². The fourth-order valence-electron chi connectivity index (χ4n) is 3.31. The van der Waals surface area contributed by atoms with Crippen molar-refractivity contribution in [2.75, 3.05) is 23.7 Å². The van der Waals surface area contributed by atoms with Gasteiger partial charge < -0.3 is 9.30 Å². The lowest BCUT2D eigenvalue weighted by molar-refractivity contribution is 0.0600. The van der Waals surface area contributed by atoms with E-state index in [0.717, 1.165) is 6.42 Å². The van der Waals surface area contributed by atoms with Gasteiger partial charge in [0.1, 0.15) is 11.3 Å². The third-order valence-corrected chi connectivity index (χ3v) is 6.62. The van der Waals surface area contributed by atoms with Crippen molar-refractivity contribution in [3.63, 3.8) is 0 Å². The predicted molar refractivity (Wildman–Crippen MR) is 103 cm³/mol. The van der Waals surface area contributed by atoms with Crippen LogP contribution >= 0.6 is 0 Å². The van der Waals surface area contributed by atoms with Gasteiger partial charge in [0.05, 0.1) is 24.1 Å². The number of pyridine rings is 1. The SMILES string of the molecule is COC(=O)c1cn(-c2ccc(N3CCCCS3(=O)=O)cc2)cc2c(=O)[nH]nc1-2. The molecule has 9 nitrogen and oxygen atoms in total. The van der Waals surface area contributed by atoms with Crippen LogP contribution in [0.1, 0.15) is 23.2 Å². The fourth-order valence-corrected chi connectivity index (χ4v) is 4.95. The molecule has 1 N–H and O–H groups in total. The van der Waals surface area contributed by atoms with E-state index in [4.69, 9.17) is 4.74 Å². The third-order valence-electron chi connectivity index (χ3n) is 4.75. The minimum Gasteiger partial charge on any atom is -0.465 e. The van der Waals surface area contributed by atoms with Crippen molar-refractivity contribution in [3.05, 3.63) is 52.6 Å². The maximum absolute atomic E-state index is 12.3. The summed E-state index contributed by atoms with van der Waals surface area (Å²) in [7, 11) is -2.04. The van der Waals surface area contributed by atoms with Crippen LogP contribution in [0.2, 0.25) is 0 Å². The number of ether oxygens (including phenoxy) is 1. The number of carbonyl (C=O) groups excluding carboxylic acids is 1. The van der Waals surface area contributed by atoms with Crippen LogP contribution in [0.15, 0.2) is 41.5 Å². The third kappa shape index (κ3) is 3.05. The molecule has 0 radical (unpaired) electrons. The molecule has 0 saturated carbocycles. The second-order valence-corrected chi connectivity index (χ2v) is 8.51. The highest BCUT2D eigenvalue weighted by Crippen LogP contribution is 2.26. The Morgan fingerprint density at radius 2 is 1.86 bits per heavy atom.